The van der Waals surface area contributed by atoms with Crippen molar-refractivity contribution in [3.05, 3.63) is 90.5 Å². The fourth-order valence-corrected chi connectivity index (χ4v) is 2.53. The Labute approximate surface area is 151 Å². The first-order valence-electron chi connectivity index (χ1n) is 8.35. The van der Waals surface area contributed by atoms with Gasteiger partial charge in [-0.05, 0) is 48.0 Å². The number of ether oxygens (including phenoxy) is 1. The van der Waals surface area contributed by atoms with E-state index >= 15 is 0 Å². The average molecular weight is 350 g/mol. The number of amides is 1. The molecule has 0 radical (unpaired) electrons. The van der Waals surface area contributed by atoms with Gasteiger partial charge in [0.1, 0.15) is 11.6 Å². The summed E-state index contributed by atoms with van der Waals surface area (Å²) in [6, 6.07) is 19.0. The molecule has 0 aliphatic heterocycles. The van der Waals surface area contributed by atoms with Crippen LogP contribution >= 0.6 is 0 Å². The van der Waals surface area contributed by atoms with E-state index in [0.29, 0.717) is 12.2 Å². The summed E-state index contributed by atoms with van der Waals surface area (Å²) in [5.41, 5.74) is 1.54. The van der Waals surface area contributed by atoms with Gasteiger partial charge in [-0.3, -0.25) is 9.78 Å². The van der Waals surface area contributed by atoms with Crippen molar-refractivity contribution in [2.75, 3.05) is 11.5 Å². The van der Waals surface area contributed by atoms with Crippen LogP contribution in [0.2, 0.25) is 0 Å². The lowest BCUT2D eigenvalue weighted by Gasteiger charge is -2.23. The highest BCUT2D eigenvalue weighted by atomic mass is 19.1. The fourth-order valence-electron chi connectivity index (χ4n) is 2.53. The highest BCUT2D eigenvalue weighted by Crippen LogP contribution is 2.19. The minimum absolute atomic E-state index is 0.101. The van der Waals surface area contributed by atoms with Crippen molar-refractivity contribution in [3.63, 3.8) is 0 Å². The molecule has 0 atom stereocenters. The number of halogens is 1. The molecule has 0 spiro atoms. The van der Waals surface area contributed by atoms with E-state index in [1.165, 1.54) is 12.1 Å². The molecule has 3 rings (SSSR count). The van der Waals surface area contributed by atoms with Gasteiger partial charge in [0.15, 0.2) is 0 Å². The standard InChI is InChI=1S/C21H19FN2O2/c22-18-8-10-19(11-9-18)24(16-17-5-4-13-23-15-17)21(25)12-14-26-20-6-2-1-3-7-20/h1-11,13,15H,12,14,16H2. The van der Waals surface area contributed by atoms with Gasteiger partial charge in [-0.15, -0.1) is 0 Å². The van der Waals surface area contributed by atoms with E-state index in [1.807, 2.05) is 42.5 Å². The number of hydrogen-bond acceptors (Lipinski definition) is 3. The van der Waals surface area contributed by atoms with Crippen LogP contribution in [0.25, 0.3) is 0 Å². The molecule has 2 aromatic carbocycles. The number of nitrogens with zero attached hydrogens (tertiary/aromatic N) is 2. The fraction of sp³-hybridized carbons (Fsp3) is 0.143. The van der Waals surface area contributed by atoms with Gasteiger partial charge in [-0.1, -0.05) is 24.3 Å². The maximum Gasteiger partial charge on any atom is 0.230 e. The molecule has 1 amide bonds. The summed E-state index contributed by atoms with van der Waals surface area (Å²) < 4.78 is 18.8. The number of para-hydroxylation sites is 1. The number of benzene rings is 2. The lowest BCUT2D eigenvalue weighted by molar-refractivity contribution is -0.119. The lowest BCUT2D eigenvalue weighted by atomic mass is 10.2. The van der Waals surface area contributed by atoms with Crippen LogP contribution < -0.4 is 9.64 Å². The van der Waals surface area contributed by atoms with Gasteiger partial charge in [-0.25, -0.2) is 4.39 Å². The number of carbonyl (C=O) groups is 1. The van der Waals surface area contributed by atoms with Gasteiger partial charge in [-0.2, -0.15) is 0 Å². The molecule has 0 saturated carbocycles. The van der Waals surface area contributed by atoms with Crippen molar-refractivity contribution in [2.24, 2.45) is 0 Å². The van der Waals surface area contributed by atoms with E-state index in [-0.39, 0.29) is 24.8 Å². The molecule has 4 nitrogen and oxygen atoms in total. The Morgan fingerprint density at radius 1 is 1.00 bits per heavy atom. The van der Waals surface area contributed by atoms with Crippen molar-refractivity contribution < 1.29 is 13.9 Å². The summed E-state index contributed by atoms with van der Waals surface area (Å²) >= 11 is 0. The van der Waals surface area contributed by atoms with E-state index < -0.39 is 0 Å². The minimum atomic E-state index is -0.338. The minimum Gasteiger partial charge on any atom is -0.493 e. The summed E-state index contributed by atoms with van der Waals surface area (Å²) in [6.07, 6.45) is 3.61. The maximum atomic E-state index is 13.2. The molecule has 5 heteroatoms. The van der Waals surface area contributed by atoms with Crippen molar-refractivity contribution in [1.29, 1.82) is 0 Å². The second-order valence-corrected chi connectivity index (χ2v) is 5.73. The number of hydrogen-bond donors (Lipinski definition) is 0. The van der Waals surface area contributed by atoms with Gasteiger partial charge in [0.2, 0.25) is 5.91 Å². The molecule has 0 N–H and O–H groups in total. The van der Waals surface area contributed by atoms with E-state index in [4.69, 9.17) is 4.74 Å². The van der Waals surface area contributed by atoms with Crippen LogP contribution in [0.15, 0.2) is 79.1 Å². The molecule has 1 heterocycles. The second kappa shape index (κ2) is 8.76. The van der Waals surface area contributed by atoms with Crippen molar-refractivity contribution in [3.8, 4) is 5.75 Å². The van der Waals surface area contributed by atoms with Crippen molar-refractivity contribution in [1.82, 2.24) is 4.98 Å². The lowest BCUT2D eigenvalue weighted by Crippen LogP contribution is -2.31. The van der Waals surface area contributed by atoms with Gasteiger partial charge in [0, 0.05) is 18.1 Å². The Balaban J connectivity index is 1.69. The van der Waals surface area contributed by atoms with Crippen LogP contribution in [0.4, 0.5) is 10.1 Å². The smallest absolute Gasteiger partial charge is 0.230 e. The van der Waals surface area contributed by atoms with Crippen molar-refractivity contribution >= 4 is 11.6 Å². The predicted molar refractivity (Wildman–Crippen MR) is 98.4 cm³/mol. The number of aromatic nitrogens is 1. The molecule has 3 aromatic rings. The number of anilines is 1. The van der Waals surface area contributed by atoms with Crippen molar-refractivity contribution in [2.45, 2.75) is 13.0 Å². The number of rotatable bonds is 7. The zero-order chi connectivity index (χ0) is 18.2. The Hall–Kier alpha value is -3.21. The summed E-state index contributed by atoms with van der Waals surface area (Å²) in [4.78, 5) is 18.5. The third-order valence-corrected chi connectivity index (χ3v) is 3.83. The summed E-state index contributed by atoms with van der Waals surface area (Å²) in [6.45, 7) is 0.636. The van der Waals surface area contributed by atoms with Crippen LogP contribution in [-0.4, -0.2) is 17.5 Å². The molecular formula is C21H19FN2O2. The third-order valence-electron chi connectivity index (χ3n) is 3.83. The first-order chi connectivity index (χ1) is 12.7. The molecule has 0 aliphatic carbocycles. The highest BCUT2D eigenvalue weighted by Gasteiger charge is 2.16. The molecule has 26 heavy (non-hydrogen) atoms. The zero-order valence-corrected chi connectivity index (χ0v) is 14.2. The molecular weight excluding hydrogens is 331 g/mol. The molecule has 132 valence electrons. The highest BCUT2D eigenvalue weighted by molar-refractivity contribution is 5.93. The average Bonchev–Trinajstić information content (AvgIpc) is 2.68. The molecule has 0 fully saturated rings. The quantitative estimate of drug-likeness (QED) is 0.641. The molecule has 0 unspecified atom stereocenters. The Bertz CT molecular complexity index is 824. The Kier molecular flexibility index (Phi) is 5.93. The zero-order valence-electron chi connectivity index (χ0n) is 14.2. The molecule has 0 aliphatic rings. The van der Waals surface area contributed by atoms with Crippen LogP contribution in [0, 0.1) is 5.82 Å². The van der Waals surface area contributed by atoms with Gasteiger partial charge in [0.05, 0.1) is 19.6 Å². The van der Waals surface area contributed by atoms with Gasteiger partial charge < -0.3 is 9.64 Å². The van der Waals surface area contributed by atoms with Gasteiger partial charge in [0.25, 0.3) is 0 Å². The van der Waals surface area contributed by atoms with E-state index in [0.717, 1.165) is 11.3 Å². The largest absolute Gasteiger partial charge is 0.493 e. The number of carbonyl (C=O) groups excluding carboxylic acids is 1. The monoisotopic (exact) mass is 350 g/mol. The van der Waals surface area contributed by atoms with E-state index in [1.54, 1.807) is 29.4 Å². The Morgan fingerprint density at radius 3 is 2.46 bits per heavy atom. The van der Waals surface area contributed by atoms with Crippen LogP contribution in [-0.2, 0) is 11.3 Å². The molecule has 0 bridgehead atoms. The van der Waals surface area contributed by atoms with Crippen LogP contribution in [0.5, 0.6) is 5.75 Å². The summed E-state index contributed by atoms with van der Waals surface area (Å²) in [5, 5.41) is 0. The first-order valence-corrected chi connectivity index (χ1v) is 8.35. The van der Waals surface area contributed by atoms with E-state index in [9.17, 15) is 9.18 Å². The predicted octanol–water partition coefficient (Wildman–Crippen LogP) is 4.22. The SMILES string of the molecule is O=C(CCOc1ccccc1)N(Cc1cccnc1)c1ccc(F)cc1. The molecule has 0 saturated heterocycles. The van der Waals surface area contributed by atoms with Crippen LogP contribution in [0.3, 0.4) is 0 Å². The van der Waals surface area contributed by atoms with Crippen LogP contribution in [0.1, 0.15) is 12.0 Å². The first kappa shape index (κ1) is 17.6. The third kappa shape index (κ3) is 4.89. The normalized spacial score (nSPS) is 10.3. The summed E-state index contributed by atoms with van der Waals surface area (Å²) in [7, 11) is 0. The Morgan fingerprint density at radius 2 is 1.77 bits per heavy atom. The number of pyridine rings is 1. The second-order valence-electron chi connectivity index (χ2n) is 5.73. The van der Waals surface area contributed by atoms with Gasteiger partial charge >= 0.3 is 0 Å². The maximum absolute atomic E-state index is 13.2. The molecule has 1 aromatic heterocycles. The summed E-state index contributed by atoms with van der Waals surface area (Å²) in [5.74, 6) is 0.284. The van der Waals surface area contributed by atoms with E-state index in [2.05, 4.69) is 4.98 Å². The topological polar surface area (TPSA) is 42.4 Å².